The number of hydrogen-bond donors (Lipinski definition) is 0. The molecular formula is C22H20N4O4S. The fourth-order valence-corrected chi connectivity index (χ4v) is 4.22. The van der Waals surface area contributed by atoms with Gasteiger partial charge in [-0.15, -0.1) is 0 Å². The highest BCUT2D eigenvalue weighted by Crippen LogP contribution is 2.41. The highest BCUT2D eigenvalue weighted by molar-refractivity contribution is 7.99. The third-order valence-corrected chi connectivity index (χ3v) is 5.47. The van der Waals surface area contributed by atoms with Gasteiger partial charge in [0, 0.05) is 24.5 Å². The Morgan fingerprint density at radius 1 is 1.19 bits per heavy atom. The second-order valence-corrected chi connectivity index (χ2v) is 8.10. The maximum absolute atomic E-state index is 13.0. The average molecular weight is 436 g/mol. The smallest absolute Gasteiger partial charge is 0.308 e. The average Bonchev–Trinajstić information content (AvgIpc) is 2.72. The quantitative estimate of drug-likeness (QED) is 0.268. The van der Waals surface area contributed by atoms with Crippen molar-refractivity contribution in [2.75, 3.05) is 10.7 Å². The van der Waals surface area contributed by atoms with Crippen molar-refractivity contribution < 1.29 is 24.1 Å². The summed E-state index contributed by atoms with van der Waals surface area (Å²) in [5.41, 5.74) is 2.12. The molecule has 0 N–H and O–H groups in total. The Kier molecular flexibility index (Phi) is 5.60. The van der Waals surface area contributed by atoms with E-state index in [-0.39, 0.29) is 5.91 Å². The van der Waals surface area contributed by atoms with Crippen LogP contribution in [0.4, 0.5) is 5.69 Å². The van der Waals surface area contributed by atoms with Gasteiger partial charge < -0.3 is 9.84 Å². The summed E-state index contributed by atoms with van der Waals surface area (Å²) < 4.78 is 6.78. The molecule has 1 unspecified atom stereocenters. The lowest BCUT2D eigenvalue weighted by atomic mass is 10.0. The largest absolute Gasteiger partial charge is 0.854 e. The number of esters is 1. The van der Waals surface area contributed by atoms with Crippen LogP contribution < -0.4 is 19.4 Å². The number of ether oxygens (including phenoxy) is 1. The summed E-state index contributed by atoms with van der Waals surface area (Å²) in [4.78, 5) is 30.0. The van der Waals surface area contributed by atoms with Gasteiger partial charge in [0.2, 0.25) is 5.91 Å². The fraction of sp³-hybridized carbons (Fsp3) is 0.227. The number of amides is 1. The topological polar surface area (TPSA) is 99.3 Å². The van der Waals surface area contributed by atoms with Crippen LogP contribution in [0.1, 0.15) is 32.5 Å². The Hall–Kier alpha value is -3.46. The summed E-state index contributed by atoms with van der Waals surface area (Å²) >= 11 is 1.35. The lowest BCUT2D eigenvalue weighted by Gasteiger charge is -2.32. The first-order chi connectivity index (χ1) is 14.9. The van der Waals surface area contributed by atoms with Gasteiger partial charge in [-0.1, -0.05) is 41.6 Å². The highest BCUT2D eigenvalue weighted by atomic mass is 32.2. The van der Waals surface area contributed by atoms with E-state index in [1.54, 1.807) is 52.0 Å². The van der Waals surface area contributed by atoms with Crippen LogP contribution in [-0.2, 0) is 9.59 Å². The van der Waals surface area contributed by atoms with Gasteiger partial charge in [-0.3, -0.25) is 9.59 Å². The van der Waals surface area contributed by atoms with Crippen molar-refractivity contribution in [3.05, 3.63) is 54.1 Å². The number of rotatable bonds is 4. The number of carbonyl (C=O) groups is 2. The SMILES string of the molecule is CCSc1nc([O-])c2[n+](n1)C(c1cccc(OC(C)=O)c1)N(C(C)=O)c1ccccc1-2. The molecule has 1 atom stereocenters. The number of nitrogens with zero attached hydrogens (tertiary/aromatic N) is 4. The molecule has 0 saturated carbocycles. The second kappa shape index (κ2) is 8.35. The van der Waals surface area contributed by atoms with Gasteiger partial charge in [0.1, 0.15) is 5.75 Å². The molecule has 3 aromatic rings. The predicted octanol–water partition coefficient (Wildman–Crippen LogP) is 2.46. The molecule has 31 heavy (non-hydrogen) atoms. The van der Waals surface area contributed by atoms with E-state index < -0.39 is 18.0 Å². The first kappa shape index (κ1) is 20.8. The molecule has 0 saturated heterocycles. The number of fused-ring (bicyclic) bond motifs is 3. The molecule has 0 spiro atoms. The van der Waals surface area contributed by atoms with Crippen LogP contribution in [0.2, 0.25) is 0 Å². The summed E-state index contributed by atoms with van der Waals surface area (Å²) in [5.74, 6) is -0.0484. The van der Waals surface area contributed by atoms with Crippen LogP contribution in [0.25, 0.3) is 11.3 Å². The zero-order valence-electron chi connectivity index (χ0n) is 17.2. The van der Waals surface area contributed by atoms with E-state index in [0.29, 0.717) is 39.2 Å². The van der Waals surface area contributed by atoms with Gasteiger partial charge in [-0.25, -0.2) is 9.88 Å². The Balaban J connectivity index is 2.00. The number of thioether (sulfide) groups is 1. The van der Waals surface area contributed by atoms with Gasteiger partial charge in [-0.2, -0.15) is 0 Å². The third kappa shape index (κ3) is 3.84. The van der Waals surface area contributed by atoms with E-state index in [9.17, 15) is 14.7 Å². The van der Waals surface area contributed by atoms with E-state index >= 15 is 0 Å². The number of benzene rings is 2. The summed E-state index contributed by atoms with van der Waals surface area (Å²) in [7, 11) is 0. The highest BCUT2D eigenvalue weighted by Gasteiger charge is 2.43. The van der Waals surface area contributed by atoms with Crippen LogP contribution in [0.3, 0.4) is 0 Å². The number of carbonyl (C=O) groups excluding carboxylic acids is 2. The van der Waals surface area contributed by atoms with E-state index in [4.69, 9.17) is 4.74 Å². The summed E-state index contributed by atoms with van der Waals surface area (Å²) in [6, 6.07) is 14.0. The number of hydrogen-bond acceptors (Lipinski definition) is 7. The summed E-state index contributed by atoms with van der Waals surface area (Å²) in [6.45, 7) is 4.73. The Morgan fingerprint density at radius 2 is 1.97 bits per heavy atom. The Morgan fingerprint density at radius 3 is 2.68 bits per heavy atom. The molecule has 4 rings (SSSR count). The van der Waals surface area contributed by atoms with Crippen molar-refractivity contribution in [3.8, 4) is 22.9 Å². The molecule has 9 heteroatoms. The first-order valence-electron chi connectivity index (χ1n) is 9.72. The number of aromatic nitrogens is 3. The Labute approximate surface area is 183 Å². The van der Waals surface area contributed by atoms with E-state index in [0.717, 1.165) is 0 Å². The van der Waals surface area contributed by atoms with Gasteiger partial charge in [0.05, 0.1) is 17.1 Å². The number of para-hydroxylation sites is 1. The van der Waals surface area contributed by atoms with Gasteiger partial charge in [-0.05, 0) is 36.1 Å². The molecule has 8 nitrogen and oxygen atoms in total. The van der Waals surface area contributed by atoms with Crippen LogP contribution in [0.5, 0.6) is 11.6 Å². The van der Waals surface area contributed by atoms with Crippen molar-refractivity contribution in [2.45, 2.75) is 32.1 Å². The molecule has 0 bridgehead atoms. The minimum Gasteiger partial charge on any atom is -0.854 e. The van der Waals surface area contributed by atoms with Crippen molar-refractivity contribution in [2.24, 2.45) is 0 Å². The normalized spacial score (nSPS) is 14.5. The third-order valence-electron chi connectivity index (χ3n) is 4.75. The zero-order chi connectivity index (χ0) is 22.1. The van der Waals surface area contributed by atoms with Crippen molar-refractivity contribution in [3.63, 3.8) is 0 Å². The maximum Gasteiger partial charge on any atom is 0.308 e. The number of anilines is 1. The van der Waals surface area contributed by atoms with Crippen molar-refractivity contribution >= 4 is 29.3 Å². The predicted molar refractivity (Wildman–Crippen MR) is 113 cm³/mol. The lowest BCUT2D eigenvalue weighted by Crippen LogP contribution is -2.58. The van der Waals surface area contributed by atoms with Gasteiger partial charge >= 0.3 is 5.97 Å². The van der Waals surface area contributed by atoms with Gasteiger partial charge in [0.15, 0.2) is 0 Å². The van der Waals surface area contributed by atoms with Crippen molar-refractivity contribution in [1.29, 1.82) is 0 Å². The molecule has 0 fully saturated rings. The second-order valence-electron chi connectivity index (χ2n) is 6.87. The molecule has 2 heterocycles. The van der Waals surface area contributed by atoms with E-state index in [2.05, 4.69) is 10.1 Å². The standard InChI is InChI=1S/C22H20N4O4S/c1-4-31-22-23-20(29)19-17-10-5-6-11-18(17)25(13(2)27)21(26(19)24-22)15-8-7-9-16(12-15)30-14(3)28/h5-12,21H,4H2,1-3H3. The molecule has 1 amide bonds. The molecule has 2 aromatic carbocycles. The monoisotopic (exact) mass is 436 g/mol. The zero-order valence-corrected chi connectivity index (χ0v) is 18.0. The van der Waals surface area contributed by atoms with Crippen LogP contribution in [0.15, 0.2) is 53.7 Å². The maximum atomic E-state index is 13.0. The molecule has 1 aliphatic rings. The lowest BCUT2D eigenvalue weighted by molar-refractivity contribution is -0.764. The van der Waals surface area contributed by atoms with Crippen LogP contribution >= 0.6 is 11.8 Å². The Bertz CT molecular complexity index is 1180. The minimum absolute atomic E-state index is 0.218. The minimum atomic E-state index is -0.746. The first-order valence-corrected chi connectivity index (χ1v) is 10.7. The molecule has 0 aliphatic carbocycles. The van der Waals surface area contributed by atoms with Crippen LogP contribution in [-0.4, -0.2) is 27.7 Å². The van der Waals surface area contributed by atoms with E-state index in [1.165, 1.54) is 25.6 Å². The summed E-state index contributed by atoms with van der Waals surface area (Å²) in [6.07, 6.45) is -0.746. The van der Waals surface area contributed by atoms with Gasteiger partial charge in [0.25, 0.3) is 17.0 Å². The molecule has 158 valence electrons. The molecule has 1 aromatic heterocycles. The molecule has 0 radical (unpaired) electrons. The fourth-order valence-electron chi connectivity index (χ4n) is 3.67. The molecular weight excluding hydrogens is 416 g/mol. The summed E-state index contributed by atoms with van der Waals surface area (Å²) in [5, 5.41) is 18.0. The van der Waals surface area contributed by atoms with Crippen LogP contribution in [0, 0.1) is 0 Å². The molecule has 1 aliphatic heterocycles. The van der Waals surface area contributed by atoms with Crippen molar-refractivity contribution in [1.82, 2.24) is 10.1 Å². The van der Waals surface area contributed by atoms with E-state index in [1.807, 2.05) is 13.0 Å².